The van der Waals surface area contributed by atoms with Crippen LogP contribution in [0.5, 0.6) is 0 Å². The lowest BCUT2D eigenvalue weighted by Gasteiger charge is -2.23. The molecule has 1 aliphatic rings. The lowest BCUT2D eigenvalue weighted by molar-refractivity contribution is -0.136. The molecule has 1 aromatic heterocycles. The minimum Gasteiger partial charge on any atom is -0.481 e. The van der Waals surface area contributed by atoms with E-state index in [9.17, 15) is 9.59 Å². The van der Waals surface area contributed by atoms with Crippen molar-refractivity contribution in [1.82, 2.24) is 4.57 Å². The molecule has 1 aliphatic heterocycles. The molecule has 2 heterocycles. The van der Waals surface area contributed by atoms with Crippen molar-refractivity contribution >= 4 is 11.8 Å². The van der Waals surface area contributed by atoms with E-state index in [0.29, 0.717) is 17.9 Å². The Labute approximate surface area is 92.7 Å². The molecule has 2 N–H and O–H groups in total. The zero-order valence-corrected chi connectivity index (χ0v) is 9.12. The van der Waals surface area contributed by atoms with Gasteiger partial charge < -0.3 is 10.4 Å². The summed E-state index contributed by atoms with van der Waals surface area (Å²) >= 11 is 0. The van der Waals surface area contributed by atoms with E-state index in [2.05, 4.69) is 5.32 Å². The lowest BCUT2D eigenvalue weighted by Crippen LogP contribution is -2.30. The highest BCUT2D eigenvalue weighted by Gasteiger charge is 2.17. The summed E-state index contributed by atoms with van der Waals surface area (Å²) in [4.78, 5) is 22.5. The molecule has 1 aromatic rings. The fourth-order valence-corrected chi connectivity index (χ4v) is 2.05. The van der Waals surface area contributed by atoms with E-state index in [4.69, 9.17) is 5.11 Å². The number of carboxylic acids is 1. The van der Waals surface area contributed by atoms with Gasteiger partial charge in [-0.2, -0.15) is 0 Å². The monoisotopic (exact) mass is 222 g/mol. The quantitative estimate of drug-likeness (QED) is 0.768. The van der Waals surface area contributed by atoms with Gasteiger partial charge in [0.05, 0.1) is 6.42 Å². The van der Waals surface area contributed by atoms with E-state index in [1.54, 1.807) is 11.5 Å². The van der Waals surface area contributed by atoms with Crippen LogP contribution in [0.4, 0.5) is 5.82 Å². The van der Waals surface area contributed by atoms with Gasteiger partial charge in [0.15, 0.2) is 0 Å². The van der Waals surface area contributed by atoms with E-state index in [0.717, 1.165) is 18.5 Å². The Bertz CT molecular complexity index is 491. The molecule has 0 bridgehead atoms. The van der Waals surface area contributed by atoms with Crippen LogP contribution < -0.4 is 10.9 Å². The van der Waals surface area contributed by atoms with Gasteiger partial charge in [0.1, 0.15) is 5.82 Å². The van der Waals surface area contributed by atoms with Crippen LogP contribution in [0.25, 0.3) is 0 Å². The number of aromatic nitrogens is 1. The van der Waals surface area contributed by atoms with E-state index in [1.165, 1.54) is 6.07 Å². The normalized spacial score (nSPS) is 14.1. The molecule has 0 unspecified atom stereocenters. The Morgan fingerprint density at radius 2 is 2.38 bits per heavy atom. The third-order valence-electron chi connectivity index (χ3n) is 2.82. The summed E-state index contributed by atoms with van der Waals surface area (Å²) < 4.78 is 1.62. The van der Waals surface area contributed by atoms with Gasteiger partial charge in [-0.05, 0) is 18.9 Å². The van der Waals surface area contributed by atoms with Gasteiger partial charge in [-0.1, -0.05) is 0 Å². The molecule has 0 saturated heterocycles. The Morgan fingerprint density at radius 3 is 3.06 bits per heavy atom. The average Bonchev–Trinajstić information content (AvgIpc) is 2.24. The zero-order valence-electron chi connectivity index (χ0n) is 9.12. The van der Waals surface area contributed by atoms with Crippen molar-refractivity contribution in [1.29, 1.82) is 0 Å². The maximum absolute atomic E-state index is 11.7. The van der Waals surface area contributed by atoms with Crippen LogP contribution in [0, 0.1) is 6.92 Å². The summed E-state index contributed by atoms with van der Waals surface area (Å²) in [6.07, 6.45) is 0.844. The highest BCUT2D eigenvalue weighted by atomic mass is 16.4. The van der Waals surface area contributed by atoms with Gasteiger partial charge in [0, 0.05) is 24.7 Å². The van der Waals surface area contributed by atoms with Crippen LogP contribution in [0.15, 0.2) is 10.9 Å². The van der Waals surface area contributed by atoms with Crippen molar-refractivity contribution in [2.75, 3.05) is 11.9 Å². The lowest BCUT2D eigenvalue weighted by atomic mass is 10.1. The molecule has 86 valence electrons. The number of carbonyl (C=O) groups is 1. The molecular weight excluding hydrogens is 208 g/mol. The fourth-order valence-electron chi connectivity index (χ4n) is 2.05. The Kier molecular flexibility index (Phi) is 2.68. The fraction of sp³-hybridized carbons (Fsp3) is 0.455. The maximum atomic E-state index is 11.7. The number of aliphatic carboxylic acids is 1. The molecule has 0 amide bonds. The molecule has 2 rings (SSSR count). The number of hydrogen-bond donors (Lipinski definition) is 2. The van der Waals surface area contributed by atoms with Crippen LogP contribution in [0.3, 0.4) is 0 Å². The number of nitrogens with zero attached hydrogens (tertiary/aromatic N) is 1. The second-order valence-electron chi connectivity index (χ2n) is 4.00. The van der Waals surface area contributed by atoms with Crippen molar-refractivity contribution in [3.63, 3.8) is 0 Å². The van der Waals surface area contributed by atoms with Crippen LogP contribution in [0.1, 0.15) is 17.5 Å². The molecule has 16 heavy (non-hydrogen) atoms. The summed E-state index contributed by atoms with van der Waals surface area (Å²) in [5, 5.41) is 12.0. The first-order chi connectivity index (χ1) is 7.59. The number of carboxylic acid groups (broad SMARTS) is 1. The first-order valence-corrected chi connectivity index (χ1v) is 5.28. The average molecular weight is 222 g/mol. The Hall–Kier alpha value is -1.78. The second-order valence-corrected chi connectivity index (χ2v) is 4.00. The van der Waals surface area contributed by atoms with Gasteiger partial charge in [0.2, 0.25) is 0 Å². The van der Waals surface area contributed by atoms with Crippen molar-refractivity contribution in [3.8, 4) is 0 Å². The smallest absolute Gasteiger partial charge is 0.307 e. The zero-order chi connectivity index (χ0) is 11.7. The summed E-state index contributed by atoms with van der Waals surface area (Å²) in [7, 11) is 0. The summed E-state index contributed by atoms with van der Waals surface area (Å²) in [5.74, 6) is -0.199. The predicted molar refractivity (Wildman–Crippen MR) is 59.9 cm³/mol. The minimum atomic E-state index is -0.878. The number of pyridine rings is 1. The molecule has 0 aromatic carbocycles. The topological polar surface area (TPSA) is 71.3 Å². The SMILES string of the molecule is Cc1cc(=O)n2c(c1CC(=O)O)NCCC2. The highest BCUT2D eigenvalue weighted by Crippen LogP contribution is 2.21. The third-order valence-corrected chi connectivity index (χ3v) is 2.82. The van der Waals surface area contributed by atoms with Crippen LogP contribution in [-0.4, -0.2) is 22.2 Å². The number of hydrogen-bond acceptors (Lipinski definition) is 3. The summed E-state index contributed by atoms with van der Waals surface area (Å²) in [6.45, 7) is 3.22. The van der Waals surface area contributed by atoms with E-state index < -0.39 is 5.97 Å². The molecule has 0 spiro atoms. The molecule has 5 heteroatoms. The third kappa shape index (κ3) is 1.80. The van der Waals surface area contributed by atoms with E-state index >= 15 is 0 Å². The number of nitrogens with one attached hydrogen (secondary N) is 1. The standard InChI is InChI=1S/C11H14N2O3/c1-7-5-9(14)13-4-2-3-12-11(13)8(7)6-10(15)16/h5,12H,2-4,6H2,1H3,(H,15,16). The number of fused-ring (bicyclic) bond motifs is 1. The second kappa shape index (κ2) is 4.00. The van der Waals surface area contributed by atoms with Gasteiger partial charge in [-0.25, -0.2) is 0 Å². The predicted octanol–water partition coefficient (Wildman–Crippen LogP) is 0.599. The van der Waals surface area contributed by atoms with Gasteiger partial charge in [-0.15, -0.1) is 0 Å². The van der Waals surface area contributed by atoms with Gasteiger partial charge in [-0.3, -0.25) is 14.2 Å². The van der Waals surface area contributed by atoms with E-state index in [1.807, 2.05) is 0 Å². The first-order valence-electron chi connectivity index (χ1n) is 5.28. The summed E-state index contributed by atoms with van der Waals surface area (Å²) in [5.41, 5.74) is 1.40. The van der Waals surface area contributed by atoms with E-state index in [-0.39, 0.29) is 12.0 Å². The molecule has 0 fully saturated rings. The first kappa shape index (κ1) is 10.7. The highest BCUT2D eigenvalue weighted by molar-refractivity contribution is 5.73. The maximum Gasteiger partial charge on any atom is 0.307 e. The summed E-state index contributed by atoms with van der Waals surface area (Å²) in [6, 6.07) is 1.51. The van der Waals surface area contributed by atoms with Crippen molar-refractivity contribution in [2.24, 2.45) is 0 Å². The van der Waals surface area contributed by atoms with Crippen molar-refractivity contribution in [3.05, 3.63) is 27.5 Å². The largest absolute Gasteiger partial charge is 0.481 e. The molecule has 0 aliphatic carbocycles. The van der Waals surface area contributed by atoms with Crippen LogP contribution in [0.2, 0.25) is 0 Å². The molecule has 0 saturated carbocycles. The van der Waals surface area contributed by atoms with Gasteiger partial charge >= 0.3 is 5.97 Å². The number of aryl methyl sites for hydroxylation is 1. The Balaban J connectivity index is 2.58. The van der Waals surface area contributed by atoms with Crippen LogP contribution >= 0.6 is 0 Å². The molecule has 0 atom stereocenters. The molecule has 0 radical (unpaired) electrons. The van der Waals surface area contributed by atoms with Gasteiger partial charge in [0.25, 0.3) is 5.56 Å². The van der Waals surface area contributed by atoms with Crippen molar-refractivity contribution in [2.45, 2.75) is 26.3 Å². The number of rotatable bonds is 2. The molecule has 5 nitrogen and oxygen atoms in total. The molecular formula is C11H14N2O3. The van der Waals surface area contributed by atoms with Crippen molar-refractivity contribution < 1.29 is 9.90 Å². The van der Waals surface area contributed by atoms with Crippen LogP contribution in [-0.2, 0) is 17.8 Å². The Morgan fingerprint density at radius 1 is 1.62 bits per heavy atom. The number of anilines is 1. The minimum absolute atomic E-state index is 0.0472.